The number of aromatic nitrogens is 1. The van der Waals surface area contributed by atoms with E-state index >= 15 is 0 Å². The van der Waals surface area contributed by atoms with Crippen LogP contribution in [0.5, 0.6) is 0 Å². The summed E-state index contributed by atoms with van der Waals surface area (Å²) in [5, 5.41) is 27.1. The lowest BCUT2D eigenvalue weighted by Crippen LogP contribution is -2.51. The van der Waals surface area contributed by atoms with Crippen molar-refractivity contribution in [2.24, 2.45) is 0 Å². The predicted molar refractivity (Wildman–Crippen MR) is 168 cm³/mol. The van der Waals surface area contributed by atoms with E-state index in [9.17, 15) is 24.6 Å². The molecule has 45 heavy (non-hydrogen) atoms. The highest BCUT2D eigenvalue weighted by Crippen LogP contribution is 2.59. The molecule has 10 heteroatoms. The molecule has 0 bridgehead atoms. The normalized spacial score (nSPS) is 21.3. The van der Waals surface area contributed by atoms with Gasteiger partial charge < -0.3 is 30.3 Å². The number of anilines is 1. The smallest absolute Gasteiger partial charge is 0.350 e. The number of fused-ring (bicyclic) bond motifs is 2. The Morgan fingerprint density at radius 2 is 1.71 bits per heavy atom. The van der Waals surface area contributed by atoms with Crippen molar-refractivity contribution in [1.82, 2.24) is 10.3 Å². The fourth-order valence-corrected chi connectivity index (χ4v) is 5.89. The van der Waals surface area contributed by atoms with E-state index in [4.69, 9.17) is 9.47 Å². The minimum absolute atomic E-state index is 0.0869. The van der Waals surface area contributed by atoms with Gasteiger partial charge in [-0.25, -0.2) is 9.78 Å². The molecule has 2 heterocycles. The van der Waals surface area contributed by atoms with Crippen molar-refractivity contribution < 1.29 is 34.1 Å². The summed E-state index contributed by atoms with van der Waals surface area (Å²) in [5.74, 6) is -1.45. The molecule has 3 atom stereocenters. The van der Waals surface area contributed by atoms with Gasteiger partial charge in [0.2, 0.25) is 5.78 Å². The number of aliphatic hydroxyl groups is 2. The third kappa shape index (κ3) is 6.46. The SMILES string of the molecule is CNCNc1cc(CCC(C)=C(CO)CC23OC2(C(=O)OCC(O)CCc2ccccc2)C(=O)c2ccccc2C3=O)ccn1. The first-order valence-electron chi connectivity index (χ1n) is 15.2. The molecule has 3 unspecified atom stereocenters. The van der Waals surface area contributed by atoms with Gasteiger partial charge >= 0.3 is 5.97 Å². The van der Waals surface area contributed by atoms with E-state index in [1.165, 1.54) is 6.07 Å². The molecule has 0 amide bonds. The van der Waals surface area contributed by atoms with Crippen molar-refractivity contribution in [3.8, 4) is 0 Å². The quantitative estimate of drug-likeness (QED) is 0.0660. The molecule has 2 aliphatic rings. The molecular weight excluding hydrogens is 574 g/mol. The molecule has 4 N–H and O–H groups in total. The summed E-state index contributed by atoms with van der Waals surface area (Å²) >= 11 is 0. The van der Waals surface area contributed by atoms with Crippen molar-refractivity contribution >= 4 is 23.4 Å². The minimum atomic E-state index is -2.18. The Morgan fingerprint density at radius 1 is 1.00 bits per heavy atom. The van der Waals surface area contributed by atoms with Gasteiger partial charge in [0.05, 0.1) is 19.4 Å². The number of allylic oxidation sites excluding steroid dienone is 1. The van der Waals surface area contributed by atoms with Gasteiger partial charge in [-0.2, -0.15) is 0 Å². The number of epoxide rings is 1. The van der Waals surface area contributed by atoms with Gasteiger partial charge in [0, 0.05) is 23.7 Å². The van der Waals surface area contributed by atoms with Crippen LogP contribution in [0.2, 0.25) is 0 Å². The van der Waals surface area contributed by atoms with Crippen molar-refractivity contribution in [3.05, 3.63) is 106 Å². The second-order valence-corrected chi connectivity index (χ2v) is 11.6. The Balaban J connectivity index is 1.34. The highest BCUT2D eigenvalue weighted by Gasteiger charge is 2.85. The van der Waals surface area contributed by atoms with Gasteiger partial charge in [0.15, 0.2) is 11.4 Å². The standard InChI is InChI=1S/C35H39N3O7/c1-23(12-13-25-16-17-37-30(18-25)38-22-36-2)26(20-39)19-34-31(41)28-10-6-7-11-29(28)32(42)35(34,45-34)33(43)44-21-27(40)15-14-24-8-4-3-5-9-24/h3-11,16-18,27,36,39-40H,12-15,19-22H2,1-2H3,(H,37,38). The second kappa shape index (κ2) is 13.8. The molecule has 10 nitrogen and oxygen atoms in total. The van der Waals surface area contributed by atoms with Gasteiger partial charge in [-0.3, -0.25) is 9.59 Å². The molecule has 1 aliphatic heterocycles. The summed E-state index contributed by atoms with van der Waals surface area (Å²) in [6.07, 6.45) is 2.72. The maximum Gasteiger partial charge on any atom is 0.350 e. The first kappa shape index (κ1) is 32.2. The Morgan fingerprint density at radius 3 is 2.42 bits per heavy atom. The maximum atomic E-state index is 14.0. The van der Waals surface area contributed by atoms with Crippen molar-refractivity contribution in [2.45, 2.75) is 56.3 Å². The van der Waals surface area contributed by atoms with Crippen LogP contribution in [-0.2, 0) is 27.1 Å². The number of Topliss-reactive ketones (excluding diaryl/α,β-unsaturated/α-hetero) is 2. The number of aryl methyl sites for hydroxylation is 2. The van der Waals surface area contributed by atoms with Gasteiger partial charge in [-0.05, 0) is 68.5 Å². The lowest BCUT2D eigenvalue weighted by atomic mass is 9.71. The van der Waals surface area contributed by atoms with E-state index in [0.717, 1.165) is 22.5 Å². The van der Waals surface area contributed by atoms with Crippen molar-refractivity contribution in [2.75, 3.05) is 32.2 Å². The Labute approximate surface area is 262 Å². The van der Waals surface area contributed by atoms with Crippen molar-refractivity contribution in [1.29, 1.82) is 0 Å². The summed E-state index contributed by atoms with van der Waals surface area (Å²) in [5.41, 5.74) is -0.380. The van der Waals surface area contributed by atoms with Crippen LogP contribution in [0.1, 0.15) is 58.0 Å². The van der Waals surface area contributed by atoms with E-state index in [1.54, 1.807) is 24.4 Å². The number of carbonyl (C=O) groups excluding carboxylic acids is 3. The van der Waals surface area contributed by atoms with Gasteiger partial charge in [0.25, 0.3) is 5.60 Å². The molecule has 0 saturated carbocycles. The Hall–Kier alpha value is -4.22. The summed E-state index contributed by atoms with van der Waals surface area (Å²) in [4.78, 5) is 45.8. The second-order valence-electron chi connectivity index (χ2n) is 11.6. The zero-order chi connectivity index (χ0) is 32.0. The molecule has 1 aliphatic carbocycles. The van der Waals surface area contributed by atoms with E-state index in [0.29, 0.717) is 37.9 Å². The number of aliphatic hydroxyl groups excluding tert-OH is 2. The summed E-state index contributed by atoms with van der Waals surface area (Å²) in [7, 11) is 1.83. The fourth-order valence-electron chi connectivity index (χ4n) is 5.89. The first-order valence-corrected chi connectivity index (χ1v) is 15.2. The third-order valence-electron chi connectivity index (χ3n) is 8.58. The average molecular weight is 614 g/mol. The molecule has 1 saturated heterocycles. The number of ether oxygens (including phenoxy) is 2. The number of hydrogen-bond acceptors (Lipinski definition) is 10. The fraction of sp³-hybridized carbons (Fsp3) is 0.371. The lowest BCUT2D eigenvalue weighted by Gasteiger charge is -2.25. The number of benzene rings is 2. The molecule has 2 aromatic carbocycles. The number of nitrogens with zero attached hydrogens (tertiary/aromatic N) is 1. The maximum absolute atomic E-state index is 14.0. The van der Waals surface area contributed by atoms with Gasteiger partial charge in [0.1, 0.15) is 12.4 Å². The van der Waals surface area contributed by atoms with E-state index in [2.05, 4.69) is 15.6 Å². The van der Waals surface area contributed by atoms with Crippen LogP contribution in [-0.4, -0.2) is 77.0 Å². The highest BCUT2D eigenvalue weighted by atomic mass is 16.7. The first-order chi connectivity index (χ1) is 21.8. The predicted octanol–water partition coefficient (Wildman–Crippen LogP) is 3.43. The van der Waals surface area contributed by atoms with Crippen LogP contribution in [0, 0.1) is 0 Å². The number of pyridine rings is 1. The zero-order valence-electron chi connectivity index (χ0n) is 25.5. The van der Waals surface area contributed by atoms with Gasteiger partial charge in [-0.15, -0.1) is 0 Å². The van der Waals surface area contributed by atoms with Crippen LogP contribution in [0.3, 0.4) is 0 Å². The molecule has 3 aromatic rings. The van der Waals surface area contributed by atoms with E-state index in [1.807, 2.05) is 56.4 Å². The molecule has 236 valence electrons. The third-order valence-corrected chi connectivity index (χ3v) is 8.58. The molecule has 1 aromatic heterocycles. The monoisotopic (exact) mass is 613 g/mol. The topological polar surface area (TPSA) is 150 Å². The lowest BCUT2D eigenvalue weighted by molar-refractivity contribution is -0.151. The largest absolute Gasteiger partial charge is 0.460 e. The Bertz CT molecular complexity index is 1590. The van der Waals surface area contributed by atoms with Crippen LogP contribution in [0.15, 0.2) is 84.1 Å². The number of carbonyl (C=O) groups is 3. The zero-order valence-corrected chi connectivity index (χ0v) is 25.5. The van der Waals surface area contributed by atoms with E-state index in [-0.39, 0.29) is 30.8 Å². The molecule has 1 fully saturated rings. The summed E-state index contributed by atoms with van der Waals surface area (Å²) < 4.78 is 11.4. The Kier molecular flexibility index (Phi) is 9.89. The van der Waals surface area contributed by atoms with Crippen molar-refractivity contribution in [3.63, 3.8) is 0 Å². The van der Waals surface area contributed by atoms with Crippen LogP contribution < -0.4 is 10.6 Å². The number of hydrogen-bond donors (Lipinski definition) is 4. The molecular formula is C35H39N3O7. The van der Waals surface area contributed by atoms with Gasteiger partial charge in [-0.1, -0.05) is 60.2 Å². The minimum Gasteiger partial charge on any atom is -0.460 e. The summed E-state index contributed by atoms with van der Waals surface area (Å²) in [6, 6.07) is 19.8. The molecule has 0 radical (unpaired) electrons. The van der Waals surface area contributed by atoms with E-state index < -0.39 is 34.8 Å². The number of nitrogens with one attached hydrogen (secondary N) is 2. The average Bonchev–Trinajstić information content (AvgIpc) is 3.77. The number of ketones is 2. The van der Waals surface area contributed by atoms with Crippen LogP contribution in [0.25, 0.3) is 0 Å². The number of rotatable bonds is 15. The number of esters is 1. The highest BCUT2D eigenvalue weighted by molar-refractivity contribution is 6.32. The summed E-state index contributed by atoms with van der Waals surface area (Å²) in [6.45, 7) is 1.69. The molecule has 0 spiro atoms. The van der Waals surface area contributed by atoms with Crippen LogP contribution in [0.4, 0.5) is 5.82 Å². The van der Waals surface area contributed by atoms with Crippen LogP contribution >= 0.6 is 0 Å². The molecule has 5 rings (SSSR count).